The van der Waals surface area contributed by atoms with E-state index in [2.05, 4.69) is 34.0 Å². The summed E-state index contributed by atoms with van der Waals surface area (Å²) in [5.74, 6) is 0. The molecule has 0 unspecified atom stereocenters. The van der Waals surface area contributed by atoms with Gasteiger partial charge >= 0.3 is 0 Å². The smallest absolute Gasteiger partial charge is 0.0300 e. The highest BCUT2D eigenvalue weighted by Gasteiger charge is 2.17. The van der Waals surface area contributed by atoms with Gasteiger partial charge in [-0.2, -0.15) is 11.8 Å². The Bertz CT molecular complexity index is 292. The van der Waals surface area contributed by atoms with Crippen LogP contribution in [0.3, 0.4) is 0 Å². The van der Waals surface area contributed by atoms with Gasteiger partial charge in [0.25, 0.3) is 0 Å². The van der Waals surface area contributed by atoms with Gasteiger partial charge in [-0.3, -0.25) is 0 Å². The van der Waals surface area contributed by atoms with E-state index in [0.29, 0.717) is 0 Å². The van der Waals surface area contributed by atoms with Gasteiger partial charge in [0.1, 0.15) is 0 Å². The molecule has 1 aliphatic heterocycles. The Morgan fingerprint density at radius 3 is 2.94 bits per heavy atom. The van der Waals surface area contributed by atoms with Crippen molar-refractivity contribution < 1.29 is 0 Å². The average molecular weight is 270 g/mol. The summed E-state index contributed by atoms with van der Waals surface area (Å²) in [7, 11) is 0. The predicted molar refractivity (Wildman–Crippen MR) is 79.0 cm³/mol. The first-order valence-corrected chi connectivity index (χ1v) is 8.53. The highest BCUT2D eigenvalue weighted by Crippen LogP contribution is 2.20. The van der Waals surface area contributed by atoms with E-state index >= 15 is 0 Å². The number of likely N-dealkylation sites (tertiary alicyclic amines) is 1. The number of nitrogens with zero attached hydrogens (tertiary/aromatic N) is 1. The molecule has 2 heterocycles. The number of hydrogen-bond acceptors (Lipinski definition) is 4. The van der Waals surface area contributed by atoms with Gasteiger partial charge in [-0.05, 0) is 43.6 Å². The molecule has 0 aromatic carbocycles. The van der Waals surface area contributed by atoms with Crippen molar-refractivity contribution in [1.82, 2.24) is 10.2 Å². The van der Waals surface area contributed by atoms with Gasteiger partial charge in [-0.1, -0.05) is 6.07 Å². The molecule has 0 bridgehead atoms. The maximum Gasteiger partial charge on any atom is 0.0300 e. The van der Waals surface area contributed by atoms with Crippen LogP contribution < -0.4 is 5.32 Å². The summed E-state index contributed by atoms with van der Waals surface area (Å²) in [6.07, 6.45) is 4.97. The standard InChI is InChI=1S/C13H22N2S2/c1-16-12-4-7-15(8-5-12)9-6-14-11-13-3-2-10-17-13/h2-3,10,12,14H,4-9,11H2,1H3. The Kier molecular flexibility index (Phi) is 5.85. The Hall–Kier alpha value is -0.0300. The van der Waals surface area contributed by atoms with E-state index in [4.69, 9.17) is 0 Å². The summed E-state index contributed by atoms with van der Waals surface area (Å²) in [6.45, 7) is 5.91. The van der Waals surface area contributed by atoms with Crippen LogP contribution in [-0.4, -0.2) is 42.6 Å². The van der Waals surface area contributed by atoms with E-state index in [9.17, 15) is 0 Å². The highest BCUT2D eigenvalue weighted by molar-refractivity contribution is 7.99. The van der Waals surface area contributed by atoms with Crippen LogP contribution in [0.25, 0.3) is 0 Å². The molecule has 0 amide bonds. The van der Waals surface area contributed by atoms with Crippen molar-refractivity contribution in [3.8, 4) is 0 Å². The van der Waals surface area contributed by atoms with Crippen LogP contribution in [0.4, 0.5) is 0 Å². The van der Waals surface area contributed by atoms with Crippen molar-refractivity contribution in [1.29, 1.82) is 0 Å². The molecule has 0 aliphatic carbocycles. The highest BCUT2D eigenvalue weighted by atomic mass is 32.2. The number of hydrogen-bond donors (Lipinski definition) is 1. The van der Waals surface area contributed by atoms with Crippen molar-refractivity contribution in [2.24, 2.45) is 0 Å². The van der Waals surface area contributed by atoms with Crippen molar-refractivity contribution in [3.63, 3.8) is 0 Å². The zero-order chi connectivity index (χ0) is 11.9. The SMILES string of the molecule is CSC1CCN(CCNCc2cccs2)CC1. The minimum atomic E-state index is 0.908. The lowest BCUT2D eigenvalue weighted by Crippen LogP contribution is -2.38. The summed E-state index contributed by atoms with van der Waals surface area (Å²) in [5.41, 5.74) is 0. The van der Waals surface area contributed by atoms with E-state index in [1.165, 1.54) is 37.4 Å². The normalized spacial score (nSPS) is 18.6. The molecule has 1 fully saturated rings. The number of thioether (sulfide) groups is 1. The topological polar surface area (TPSA) is 15.3 Å². The monoisotopic (exact) mass is 270 g/mol. The minimum absolute atomic E-state index is 0.908. The molecular formula is C13H22N2S2. The summed E-state index contributed by atoms with van der Waals surface area (Å²) >= 11 is 3.87. The third-order valence-corrected chi connectivity index (χ3v) is 5.37. The van der Waals surface area contributed by atoms with Gasteiger partial charge in [-0.25, -0.2) is 0 Å². The first-order valence-electron chi connectivity index (χ1n) is 6.36. The molecular weight excluding hydrogens is 248 g/mol. The van der Waals surface area contributed by atoms with E-state index in [1.54, 1.807) is 0 Å². The number of thiophene rings is 1. The Morgan fingerprint density at radius 2 is 2.29 bits per heavy atom. The van der Waals surface area contributed by atoms with Crippen LogP contribution in [0.1, 0.15) is 17.7 Å². The summed E-state index contributed by atoms with van der Waals surface area (Å²) in [4.78, 5) is 4.03. The van der Waals surface area contributed by atoms with Gasteiger partial charge in [0.15, 0.2) is 0 Å². The first kappa shape index (κ1) is 13.4. The van der Waals surface area contributed by atoms with Crippen molar-refractivity contribution in [3.05, 3.63) is 22.4 Å². The number of nitrogens with one attached hydrogen (secondary N) is 1. The summed E-state index contributed by atoms with van der Waals surface area (Å²) < 4.78 is 0. The lowest BCUT2D eigenvalue weighted by molar-refractivity contribution is 0.233. The molecule has 2 nitrogen and oxygen atoms in total. The Labute approximate surface area is 113 Å². The van der Waals surface area contributed by atoms with Crippen molar-refractivity contribution in [2.75, 3.05) is 32.4 Å². The zero-order valence-corrected chi connectivity index (χ0v) is 12.2. The molecule has 4 heteroatoms. The van der Waals surface area contributed by atoms with Crippen LogP contribution in [0.15, 0.2) is 17.5 Å². The minimum Gasteiger partial charge on any atom is -0.311 e. The largest absolute Gasteiger partial charge is 0.311 e. The van der Waals surface area contributed by atoms with E-state index in [0.717, 1.165) is 18.3 Å². The second-order valence-electron chi connectivity index (χ2n) is 4.53. The molecule has 1 aromatic heterocycles. The molecule has 1 aliphatic rings. The van der Waals surface area contributed by atoms with Gasteiger partial charge in [-0.15, -0.1) is 11.3 Å². The van der Waals surface area contributed by atoms with Crippen LogP contribution in [0.2, 0.25) is 0 Å². The first-order chi connectivity index (χ1) is 8.38. The fourth-order valence-electron chi connectivity index (χ4n) is 2.23. The van der Waals surface area contributed by atoms with Crippen LogP contribution in [0.5, 0.6) is 0 Å². The fraction of sp³-hybridized carbons (Fsp3) is 0.692. The van der Waals surface area contributed by atoms with Gasteiger partial charge in [0.05, 0.1) is 0 Å². The molecule has 17 heavy (non-hydrogen) atoms. The summed E-state index contributed by atoms with van der Waals surface area (Å²) in [6, 6.07) is 4.32. The van der Waals surface area contributed by atoms with Crippen molar-refractivity contribution >= 4 is 23.1 Å². The second kappa shape index (κ2) is 7.41. The molecule has 2 rings (SSSR count). The molecule has 1 aromatic rings. The van der Waals surface area contributed by atoms with Gasteiger partial charge in [0, 0.05) is 29.8 Å². The van der Waals surface area contributed by atoms with Gasteiger partial charge in [0.2, 0.25) is 0 Å². The fourth-order valence-corrected chi connectivity index (χ4v) is 3.59. The van der Waals surface area contributed by atoms with E-state index < -0.39 is 0 Å². The maximum atomic E-state index is 3.52. The molecule has 1 N–H and O–H groups in total. The predicted octanol–water partition coefficient (Wildman–Crippen LogP) is 2.67. The van der Waals surface area contributed by atoms with Crippen molar-refractivity contribution in [2.45, 2.75) is 24.6 Å². The molecule has 0 saturated carbocycles. The number of piperidine rings is 1. The Morgan fingerprint density at radius 1 is 1.47 bits per heavy atom. The van der Waals surface area contributed by atoms with Gasteiger partial charge < -0.3 is 10.2 Å². The average Bonchev–Trinajstić information content (AvgIpc) is 2.88. The Balaban J connectivity index is 1.54. The quantitative estimate of drug-likeness (QED) is 0.800. The molecule has 0 spiro atoms. The van der Waals surface area contributed by atoms with Crippen LogP contribution in [-0.2, 0) is 6.54 Å². The molecule has 0 atom stereocenters. The molecule has 0 radical (unpaired) electrons. The molecule has 1 saturated heterocycles. The lowest BCUT2D eigenvalue weighted by Gasteiger charge is -2.31. The summed E-state index contributed by atoms with van der Waals surface area (Å²) in [5, 5.41) is 6.57. The third-order valence-electron chi connectivity index (χ3n) is 3.35. The lowest BCUT2D eigenvalue weighted by atomic mass is 10.1. The second-order valence-corrected chi connectivity index (χ2v) is 6.70. The molecule has 96 valence electrons. The maximum absolute atomic E-state index is 3.52. The van der Waals surface area contributed by atoms with E-state index in [-0.39, 0.29) is 0 Å². The van der Waals surface area contributed by atoms with Crippen LogP contribution >= 0.6 is 23.1 Å². The van der Waals surface area contributed by atoms with Crippen LogP contribution in [0, 0.1) is 0 Å². The van der Waals surface area contributed by atoms with E-state index in [1.807, 2.05) is 23.1 Å². The zero-order valence-electron chi connectivity index (χ0n) is 10.5. The third kappa shape index (κ3) is 4.62. The number of rotatable bonds is 6.